The zero-order valence-electron chi connectivity index (χ0n) is 13.1. The first-order valence-electron chi connectivity index (χ1n) is 7.42. The summed E-state index contributed by atoms with van der Waals surface area (Å²) in [5.41, 5.74) is 0.460. The van der Waals surface area contributed by atoms with Crippen molar-refractivity contribution in [3.8, 4) is 5.75 Å². The maximum absolute atomic E-state index is 12.7. The number of hydrogen-bond acceptors (Lipinski definition) is 4. The lowest BCUT2D eigenvalue weighted by atomic mass is 9.78. The number of carbonyl (C=O) groups is 1. The lowest BCUT2D eigenvalue weighted by Crippen LogP contribution is -2.49. The number of methoxy groups -OCH3 is 2. The molecule has 1 heterocycles. The Morgan fingerprint density at radius 1 is 1.36 bits per heavy atom. The topological polar surface area (TPSA) is 59.6 Å². The molecule has 0 atom stereocenters. The minimum atomic E-state index is -0.445. The Morgan fingerprint density at radius 3 is 2.73 bits per heavy atom. The molecule has 1 saturated heterocycles. The lowest BCUT2D eigenvalue weighted by Gasteiger charge is -2.35. The van der Waals surface area contributed by atoms with Crippen molar-refractivity contribution in [2.75, 3.05) is 33.9 Å². The number of hydrogen-bond donors (Lipinski definition) is 2. The van der Waals surface area contributed by atoms with Gasteiger partial charge in [0.2, 0.25) is 5.91 Å². The van der Waals surface area contributed by atoms with Gasteiger partial charge in [0.1, 0.15) is 5.75 Å². The first-order valence-corrected chi connectivity index (χ1v) is 7.79. The van der Waals surface area contributed by atoms with Gasteiger partial charge < -0.3 is 20.1 Å². The number of carbonyl (C=O) groups excluding carboxylic acids is 1. The second kappa shape index (κ2) is 7.81. The average molecular weight is 327 g/mol. The summed E-state index contributed by atoms with van der Waals surface area (Å²) >= 11 is 5.95. The van der Waals surface area contributed by atoms with Crippen molar-refractivity contribution < 1.29 is 14.3 Å². The molecule has 1 aromatic carbocycles. The Labute approximate surface area is 136 Å². The predicted molar refractivity (Wildman–Crippen MR) is 86.3 cm³/mol. The summed E-state index contributed by atoms with van der Waals surface area (Å²) in [6, 6.07) is 5.41. The van der Waals surface area contributed by atoms with E-state index in [1.807, 2.05) is 6.07 Å². The smallest absolute Gasteiger partial charge is 0.228 e. The quantitative estimate of drug-likeness (QED) is 0.839. The fraction of sp³-hybridized carbons (Fsp3) is 0.562. The highest BCUT2D eigenvalue weighted by Gasteiger charge is 2.39. The number of nitrogens with one attached hydrogen (secondary N) is 2. The van der Waals surface area contributed by atoms with E-state index in [-0.39, 0.29) is 5.91 Å². The second-order valence-electron chi connectivity index (χ2n) is 5.60. The molecule has 0 aliphatic carbocycles. The van der Waals surface area contributed by atoms with E-state index in [2.05, 4.69) is 10.6 Å². The Hall–Kier alpha value is -1.30. The molecular formula is C16H23ClN2O3. The summed E-state index contributed by atoms with van der Waals surface area (Å²) in [6.07, 6.45) is 1.56. The molecule has 2 rings (SSSR count). The average Bonchev–Trinajstić information content (AvgIpc) is 2.54. The molecule has 1 fully saturated rings. The van der Waals surface area contributed by atoms with Gasteiger partial charge in [-0.15, -0.1) is 0 Å². The van der Waals surface area contributed by atoms with E-state index in [0.29, 0.717) is 23.9 Å². The van der Waals surface area contributed by atoms with Crippen LogP contribution in [0, 0.1) is 5.41 Å². The Morgan fingerprint density at radius 2 is 2.09 bits per heavy atom. The molecule has 1 aliphatic heterocycles. The third kappa shape index (κ3) is 3.91. The van der Waals surface area contributed by atoms with Crippen LogP contribution in [-0.4, -0.2) is 39.8 Å². The zero-order valence-corrected chi connectivity index (χ0v) is 13.8. The first-order chi connectivity index (χ1) is 10.6. The van der Waals surface area contributed by atoms with E-state index in [0.717, 1.165) is 31.5 Å². The van der Waals surface area contributed by atoms with Crippen LogP contribution in [0.3, 0.4) is 0 Å². The number of benzene rings is 1. The van der Waals surface area contributed by atoms with Gasteiger partial charge >= 0.3 is 0 Å². The van der Waals surface area contributed by atoms with Crippen molar-refractivity contribution in [1.29, 1.82) is 0 Å². The van der Waals surface area contributed by atoms with Crippen LogP contribution in [0.15, 0.2) is 18.2 Å². The van der Waals surface area contributed by atoms with E-state index < -0.39 is 5.41 Å². The zero-order chi connectivity index (χ0) is 16.0. The van der Waals surface area contributed by atoms with Gasteiger partial charge in [0.05, 0.1) is 19.1 Å². The van der Waals surface area contributed by atoms with Crippen molar-refractivity contribution in [1.82, 2.24) is 10.6 Å². The lowest BCUT2D eigenvalue weighted by molar-refractivity contribution is -0.136. The molecule has 2 N–H and O–H groups in total. The number of ether oxygens (including phenoxy) is 2. The van der Waals surface area contributed by atoms with Crippen LogP contribution in [-0.2, 0) is 16.1 Å². The normalized spacial score (nSPS) is 17.0. The maximum Gasteiger partial charge on any atom is 0.228 e. The van der Waals surface area contributed by atoms with Gasteiger partial charge in [0.15, 0.2) is 0 Å². The fourth-order valence-corrected chi connectivity index (χ4v) is 3.01. The molecule has 1 aliphatic rings. The van der Waals surface area contributed by atoms with Crippen LogP contribution >= 0.6 is 11.6 Å². The van der Waals surface area contributed by atoms with E-state index >= 15 is 0 Å². The van der Waals surface area contributed by atoms with Crippen LogP contribution in [0.25, 0.3) is 0 Å². The molecule has 1 aromatic rings. The highest BCUT2D eigenvalue weighted by Crippen LogP contribution is 2.30. The van der Waals surface area contributed by atoms with Gasteiger partial charge in [-0.1, -0.05) is 17.7 Å². The first kappa shape index (κ1) is 17.1. The van der Waals surface area contributed by atoms with Crippen molar-refractivity contribution in [2.45, 2.75) is 19.4 Å². The molecule has 0 spiro atoms. The molecule has 1 amide bonds. The molecule has 122 valence electrons. The van der Waals surface area contributed by atoms with E-state index in [1.165, 1.54) is 0 Å². The van der Waals surface area contributed by atoms with Gasteiger partial charge in [-0.05, 0) is 38.1 Å². The largest absolute Gasteiger partial charge is 0.496 e. The van der Waals surface area contributed by atoms with Crippen molar-refractivity contribution in [3.63, 3.8) is 0 Å². The van der Waals surface area contributed by atoms with Crippen LogP contribution in [0.1, 0.15) is 18.4 Å². The van der Waals surface area contributed by atoms with Crippen molar-refractivity contribution >= 4 is 17.5 Å². The second-order valence-corrected chi connectivity index (χ2v) is 6.04. The summed E-state index contributed by atoms with van der Waals surface area (Å²) in [5.74, 6) is 0.715. The van der Waals surface area contributed by atoms with E-state index in [9.17, 15) is 4.79 Å². The molecular weight excluding hydrogens is 304 g/mol. The summed E-state index contributed by atoms with van der Waals surface area (Å²) in [7, 11) is 3.23. The van der Waals surface area contributed by atoms with Gasteiger partial charge in [-0.2, -0.15) is 0 Å². The molecule has 0 aromatic heterocycles. The monoisotopic (exact) mass is 326 g/mol. The summed E-state index contributed by atoms with van der Waals surface area (Å²) < 4.78 is 10.6. The van der Waals surface area contributed by atoms with Crippen molar-refractivity contribution in [2.24, 2.45) is 5.41 Å². The predicted octanol–water partition coefficient (Wildman–Crippen LogP) is 1.98. The minimum absolute atomic E-state index is 0.0350. The number of rotatable bonds is 6. The molecule has 0 unspecified atom stereocenters. The van der Waals surface area contributed by atoms with Gasteiger partial charge in [0.25, 0.3) is 0 Å². The maximum atomic E-state index is 12.7. The van der Waals surface area contributed by atoms with Gasteiger partial charge in [-0.25, -0.2) is 0 Å². The molecule has 22 heavy (non-hydrogen) atoms. The van der Waals surface area contributed by atoms with Gasteiger partial charge in [-0.3, -0.25) is 4.79 Å². The summed E-state index contributed by atoms with van der Waals surface area (Å²) in [6.45, 7) is 2.53. The standard InChI is InChI=1S/C16H23ClN2O3/c1-21-11-16(5-7-18-8-6-16)15(20)19-10-12-3-4-13(17)9-14(12)22-2/h3-4,9,18H,5-8,10-11H2,1-2H3,(H,19,20). The highest BCUT2D eigenvalue weighted by molar-refractivity contribution is 6.30. The van der Waals surface area contributed by atoms with E-state index in [4.69, 9.17) is 21.1 Å². The van der Waals surface area contributed by atoms with Crippen LogP contribution in [0.5, 0.6) is 5.75 Å². The molecule has 0 radical (unpaired) electrons. The summed E-state index contributed by atoms with van der Waals surface area (Å²) in [4.78, 5) is 12.7. The minimum Gasteiger partial charge on any atom is -0.496 e. The van der Waals surface area contributed by atoms with Crippen LogP contribution < -0.4 is 15.4 Å². The van der Waals surface area contributed by atoms with Crippen molar-refractivity contribution in [3.05, 3.63) is 28.8 Å². The molecule has 0 bridgehead atoms. The van der Waals surface area contributed by atoms with E-state index in [1.54, 1.807) is 26.4 Å². The molecule has 5 nitrogen and oxygen atoms in total. The Bertz CT molecular complexity index is 511. The SMILES string of the molecule is COCC1(C(=O)NCc2ccc(Cl)cc2OC)CCNCC1. The number of piperidine rings is 1. The van der Waals surface area contributed by atoms with Crippen LogP contribution in [0.2, 0.25) is 5.02 Å². The fourth-order valence-electron chi connectivity index (χ4n) is 2.85. The Balaban J connectivity index is 2.04. The Kier molecular flexibility index (Phi) is 6.06. The third-order valence-electron chi connectivity index (χ3n) is 4.15. The summed E-state index contributed by atoms with van der Waals surface area (Å²) in [5, 5.41) is 6.91. The molecule has 6 heteroatoms. The molecule has 0 saturated carbocycles. The third-order valence-corrected chi connectivity index (χ3v) is 4.39. The highest BCUT2D eigenvalue weighted by atomic mass is 35.5. The number of halogens is 1. The van der Waals surface area contributed by atoms with Crippen LogP contribution in [0.4, 0.5) is 0 Å². The number of amides is 1. The van der Waals surface area contributed by atoms with Gasteiger partial charge in [0, 0.05) is 24.2 Å².